The van der Waals surface area contributed by atoms with Crippen molar-refractivity contribution in [1.82, 2.24) is 0 Å². The van der Waals surface area contributed by atoms with Crippen LogP contribution >= 0.6 is 0 Å². The van der Waals surface area contributed by atoms with E-state index in [1.807, 2.05) is 91.0 Å². The van der Waals surface area contributed by atoms with Crippen molar-refractivity contribution in [2.24, 2.45) is 0 Å². The van der Waals surface area contributed by atoms with Crippen molar-refractivity contribution in [3.63, 3.8) is 0 Å². The molecule has 3 aromatic rings. The van der Waals surface area contributed by atoms with Gasteiger partial charge in [0.25, 0.3) is 0 Å². The lowest BCUT2D eigenvalue weighted by Gasteiger charge is -2.42. The second-order valence-electron chi connectivity index (χ2n) is 8.07. The quantitative estimate of drug-likeness (QED) is 0.474. The Balaban J connectivity index is 1.56. The van der Waals surface area contributed by atoms with E-state index in [0.29, 0.717) is 0 Å². The van der Waals surface area contributed by atoms with Gasteiger partial charge in [-0.3, -0.25) is 0 Å². The summed E-state index contributed by atoms with van der Waals surface area (Å²) in [7, 11) is 0. The average molecular weight is 465 g/mol. The predicted octanol–water partition coefficient (Wildman–Crippen LogP) is 3.54. The molecule has 1 aliphatic heterocycles. The van der Waals surface area contributed by atoms with Crippen LogP contribution in [0.4, 0.5) is 0 Å². The monoisotopic (exact) mass is 464 g/mol. The Kier molecular flexibility index (Phi) is 8.41. The van der Waals surface area contributed by atoms with E-state index in [2.05, 4.69) is 0 Å². The zero-order valence-corrected chi connectivity index (χ0v) is 18.6. The Bertz CT molecular complexity index is 1010. The molecule has 7 nitrogen and oxygen atoms in total. The zero-order valence-electron chi connectivity index (χ0n) is 18.6. The van der Waals surface area contributed by atoms with Gasteiger partial charge in [-0.25, -0.2) is 4.79 Å². The molecule has 0 aromatic heterocycles. The second-order valence-corrected chi connectivity index (χ2v) is 8.07. The molecule has 1 saturated heterocycles. The lowest BCUT2D eigenvalue weighted by atomic mass is 9.98. The standard InChI is InChI=1S/C27H28O7/c28-22-23(31-16-19-10-4-1-5-11-19)25(32-17-20-12-6-2-7-13-20)27(34-24(22)26(29)30)33-18-21-14-8-3-9-15-21/h1-15,22-25,27-28H,16-18H2,(H,29,30)/t22-,23+,24+,25-,27-/m1/s1. The Morgan fingerprint density at radius 2 is 1.09 bits per heavy atom. The second kappa shape index (κ2) is 11.9. The summed E-state index contributed by atoms with van der Waals surface area (Å²) in [4.78, 5) is 11.9. The van der Waals surface area contributed by atoms with E-state index in [1.165, 1.54) is 0 Å². The predicted molar refractivity (Wildman–Crippen MR) is 124 cm³/mol. The summed E-state index contributed by atoms with van der Waals surface area (Å²) in [6, 6.07) is 28.5. The summed E-state index contributed by atoms with van der Waals surface area (Å²) < 4.78 is 23.9. The smallest absolute Gasteiger partial charge is 0.335 e. The van der Waals surface area contributed by atoms with Crippen molar-refractivity contribution < 1.29 is 34.0 Å². The van der Waals surface area contributed by atoms with E-state index in [1.54, 1.807) is 0 Å². The summed E-state index contributed by atoms with van der Waals surface area (Å²) in [5.74, 6) is -1.30. The normalized spacial score (nSPS) is 24.6. The largest absolute Gasteiger partial charge is 0.479 e. The molecule has 0 aliphatic carbocycles. The number of ether oxygens (including phenoxy) is 4. The molecular formula is C27H28O7. The molecule has 0 bridgehead atoms. The number of aliphatic carboxylic acids is 1. The van der Waals surface area contributed by atoms with Gasteiger partial charge in [0.15, 0.2) is 12.4 Å². The molecule has 2 N–H and O–H groups in total. The van der Waals surface area contributed by atoms with Gasteiger partial charge in [0, 0.05) is 0 Å². The van der Waals surface area contributed by atoms with Gasteiger partial charge in [0.1, 0.15) is 18.3 Å². The van der Waals surface area contributed by atoms with Gasteiger partial charge < -0.3 is 29.2 Å². The van der Waals surface area contributed by atoms with Crippen molar-refractivity contribution in [3.05, 3.63) is 108 Å². The van der Waals surface area contributed by atoms with Crippen molar-refractivity contribution >= 4 is 5.97 Å². The van der Waals surface area contributed by atoms with Crippen LogP contribution in [-0.2, 0) is 43.6 Å². The summed E-state index contributed by atoms with van der Waals surface area (Å²) in [6.07, 6.45) is -5.87. The Hall–Kier alpha value is -3.07. The minimum Gasteiger partial charge on any atom is -0.479 e. The molecule has 0 unspecified atom stereocenters. The molecule has 34 heavy (non-hydrogen) atoms. The highest BCUT2D eigenvalue weighted by Crippen LogP contribution is 2.29. The van der Waals surface area contributed by atoms with Crippen molar-refractivity contribution in [2.45, 2.75) is 50.5 Å². The molecule has 3 aromatic carbocycles. The number of rotatable bonds is 10. The third-order valence-corrected chi connectivity index (χ3v) is 5.59. The van der Waals surface area contributed by atoms with E-state index in [9.17, 15) is 15.0 Å². The van der Waals surface area contributed by atoms with Crippen LogP contribution in [0.15, 0.2) is 91.0 Å². The van der Waals surface area contributed by atoms with Gasteiger partial charge in [-0.15, -0.1) is 0 Å². The number of hydrogen-bond acceptors (Lipinski definition) is 6. The Morgan fingerprint density at radius 1 is 0.676 bits per heavy atom. The zero-order chi connectivity index (χ0) is 23.8. The number of carboxylic acid groups (broad SMARTS) is 1. The van der Waals surface area contributed by atoms with E-state index in [-0.39, 0.29) is 19.8 Å². The topological polar surface area (TPSA) is 94.5 Å². The van der Waals surface area contributed by atoms with E-state index in [0.717, 1.165) is 16.7 Å². The maximum atomic E-state index is 11.9. The van der Waals surface area contributed by atoms with Gasteiger partial charge in [-0.1, -0.05) is 91.0 Å². The molecule has 7 heteroatoms. The SMILES string of the molecule is O=C(O)[C@H]1O[C@@H](OCc2ccccc2)[C@H](OCc2ccccc2)[C@@H](OCc2ccccc2)[C@H]1O. The van der Waals surface area contributed by atoms with Crippen molar-refractivity contribution in [2.75, 3.05) is 0 Å². The van der Waals surface area contributed by atoms with E-state index >= 15 is 0 Å². The van der Waals surface area contributed by atoms with E-state index < -0.39 is 36.7 Å². The first-order valence-electron chi connectivity index (χ1n) is 11.1. The van der Waals surface area contributed by atoms with Gasteiger partial charge >= 0.3 is 5.97 Å². The molecule has 0 saturated carbocycles. The lowest BCUT2D eigenvalue weighted by molar-refractivity contribution is -0.315. The minimum absolute atomic E-state index is 0.172. The highest BCUT2D eigenvalue weighted by atomic mass is 16.7. The number of benzene rings is 3. The molecular weight excluding hydrogens is 436 g/mol. The number of aliphatic hydroxyl groups is 1. The lowest BCUT2D eigenvalue weighted by Crippen LogP contribution is -2.61. The highest BCUT2D eigenvalue weighted by Gasteiger charge is 2.50. The summed E-state index contributed by atoms with van der Waals surface area (Å²) in [5.41, 5.74) is 2.70. The Labute approximate surface area is 198 Å². The highest BCUT2D eigenvalue weighted by molar-refractivity contribution is 5.73. The number of hydrogen-bond donors (Lipinski definition) is 2. The fraction of sp³-hybridized carbons (Fsp3) is 0.296. The fourth-order valence-electron chi connectivity index (χ4n) is 3.82. The Morgan fingerprint density at radius 3 is 1.53 bits per heavy atom. The van der Waals surface area contributed by atoms with Crippen LogP contribution < -0.4 is 0 Å². The third-order valence-electron chi connectivity index (χ3n) is 5.59. The molecule has 0 radical (unpaired) electrons. The molecule has 1 fully saturated rings. The third kappa shape index (κ3) is 6.28. The summed E-state index contributed by atoms with van der Waals surface area (Å²) >= 11 is 0. The van der Waals surface area contributed by atoms with Crippen LogP contribution in [0.1, 0.15) is 16.7 Å². The van der Waals surface area contributed by atoms with Crippen molar-refractivity contribution in [3.8, 4) is 0 Å². The molecule has 4 rings (SSSR count). The van der Waals surface area contributed by atoms with Crippen LogP contribution in [0.25, 0.3) is 0 Å². The van der Waals surface area contributed by atoms with E-state index in [4.69, 9.17) is 18.9 Å². The number of carboxylic acids is 1. The molecule has 0 spiro atoms. The van der Waals surface area contributed by atoms with Crippen LogP contribution in [0.3, 0.4) is 0 Å². The number of carbonyl (C=O) groups is 1. The molecule has 1 heterocycles. The number of aliphatic hydroxyl groups excluding tert-OH is 1. The summed E-state index contributed by atoms with van der Waals surface area (Å²) in [5, 5.41) is 20.6. The molecule has 5 atom stereocenters. The van der Waals surface area contributed by atoms with Gasteiger partial charge in [0.05, 0.1) is 19.8 Å². The average Bonchev–Trinajstić information content (AvgIpc) is 2.87. The minimum atomic E-state index is -1.52. The summed E-state index contributed by atoms with van der Waals surface area (Å²) in [6.45, 7) is 0.575. The molecule has 0 amide bonds. The van der Waals surface area contributed by atoms with Crippen molar-refractivity contribution in [1.29, 1.82) is 0 Å². The molecule has 178 valence electrons. The van der Waals surface area contributed by atoms with Crippen LogP contribution in [0.5, 0.6) is 0 Å². The fourth-order valence-corrected chi connectivity index (χ4v) is 3.82. The van der Waals surface area contributed by atoms with Crippen LogP contribution in [0, 0.1) is 0 Å². The first-order valence-corrected chi connectivity index (χ1v) is 11.1. The first-order chi connectivity index (χ1) is 16.6. The maximum absolute atomic E-state index is 11.9. The van der Waals surface area contributed by atoms with Crippen LogP contribution in [0.2, 0.25) is 0 Å². The van der Waals surface area contributed by atoms with Gasteiger partial charge in [-0.2, -0.15) is 0 Å². The van der Waals surface area contributed by atoms with Gasteiger partial charge in [0.2, 0.25) is 0 Å². The first kappa shape index (κ1) is 24.1. The van der Waals surface area contributed by atoms with Crippen LogP contribution in [-0.4, -0.2) is 46.9 Å². The molecule has 1 aliphatic rings. The van der Waals surface area contributed by atoms with Gasteiger partial charge in [-0.05, 0) is 16.7 Å². The maximum Gasteiger partial charge on any atom is 0.335 e.